The van der Waals surface area contributed by atoms with Gasteiger partial charge in [-0.25, -0.2) is 14.5 Å². The number of amides is 3. The molecule has 2 rings (SSSR count). The van der Waals surface area contributed by atoms with Crippen LogP contribution in [0.5, 0.6) is 0 Å². The van der Waals surface area contributed by atoms with E-state index in [1.165, 1.54) is 0 Å². The quantitative estimate of drug-likeness (QED) is 0.906. The Morgan fingerprint density at radius 2 is 2.27 bits per heavy atom. The highest BCUT2D eigenvalue weighted by Gasteiger charge is 2.39. The molecule has 0 saturated carbocycles. The second kappa shape index (κ2) is 6.50. The molecule has 1 aliphatic heterocycles. The van der Waals surface area contributed by atoms with Gasteiger partial charge in [-0.2, -0.15) is 5.26 Å². The van der Waals surface area contributed by atoms with Crippen LogP contribution in [0.1, 0.15) is 25.5 Å². The van der Waals surface area contributed by atoms with Gasteiger partial charge in [0.1, 0.15) is 6.04 Å². The van der Waals surface area contributed by atoms with Gasteiger partial charge in [0.25, 0.3) is 0 Å². The molecule has 1 aliphatic rings. The number of allylic oxidation sites excluding steroid dienone is 1. The Bertz CT molecular complexity index is 694. The molecule has 0 fully saturated rings. The third-order valence-electron chi connectivity index (χ3n) is 3.20. The minimum atomic E-state index is -0.864. The third kappa shape index (κ3) is 2.90. The van der Waals surface area contributed by atoms with Crippen LogP contribution in [0.4, 0.5) is 9.59 Å². The van der Waals surface area contributed by atoms with Gasteiger partial charge in [0, 0.05) is 10.7 Å². The fourth-order valence-corrected chi connectivity index (χ4v) is 2.46. The number of halogens is 1. The summed E-state index contributed by atoms with van der Waals surface area (Å²) < 4.78 is 4.92. The first-order chi connectivity index (χ1) is 10.5. The van der Waals surface area contributed by atoms with Crippen LogP contribution < -0.4 is 5.32 Å². The summed E-state index contributed by atoms with van der Waals surface area (Å²) in [5.41, 5.74) is 1.22. The molecule has 114 valence electrons. The van der Waals surface area contributed by atoms with Crippen LogP contribution in [0.15, 0.2) is 35.5 Å². The van der Waals surface area contributed by atoms with Gasteiger partial charge in [-0.15, -0.1) is 0 Å². The fraction of sp³-hybridized carbons (Fsp3) is 0.267. The van der Waals surface area contributed by atoms with Gasteiger partial charge in [0.2, 0.25) is 0 Å². The van der Waals surface area contributed by atoms with Crippen LogP contribution >= 0.6 is 11.6 Å². The minimum Gasteiger partial charge on any atom is -0.449 e. The second-order valence-electron chi connectivity index (χ2n) is 4.61. The Balaban J connectivity index is 2.58. The van der Waals surface area contributed by atoms with Crippen LogP contribution in [0, 0.1) is 11.3 Å². The highest BCUT2D eigenvalue weighted by Crippen LogP contribution is 2.34. The average Bonchev–Trinajstić information content (AvgIpc) is 2.46. The van der Waals surface area contributed by atoms with E-state index in [0.29, 0.717) is 16.3 Å². The molecule has 3 amide bonds. The maximum Gasteiger partial charge on any atom is 0.418 e. The smallest absolute Gasteiger partial charge is 0.418 e. The van der Waals surface area contributed by atoms with E-state index in [4.69, 9.17) is 16.3 Å². The first-order valence-corrected chi connectivity index (χ1v) is 7.00. The van der Waals surface area contributed by atoms with E-state index >= 15 is 0 Å². The number of ether oxygens (including phenoxy) is 1. The zero-order valence-corrected chi connectivity index (χ0v) is 12.8. The van der Waals surface area contributed by atoms with Crippen molar-refractivity contribution in [2.75, 3.05) is 6.61 Å². The van der Waals surface area contributed by atoms with Crippen LogP contribution in [0.2, 0.25) is 5.02 Å². The predicted molar refractivity (Wildman–Crippen MR) is 79.9 cm³/mol. The number of benzene rings is 1. The summed E-state index contributed by atoms with van der Waals surface area (Å²) in [5.74, 6) is 0. The highest BCUT2D eigenvalue weighted by molar-refractivity contribution is 6.30. The zero-order valence-electron chi connectivity index (χ0n) is 12.1. The highest BCUT2D eigenvalue weighted by atomic mass is 35.5. The van der Waals surface area contributed by atoms with Gasteiger partial charge < -0.3 is 10.1 Å². The number of nitriles is 1. The lowest BCUT2D eigenvalue weighted by Gasteiger charge is -2.34. The summed E-state index contributed by atoms with van der Waals surface area (Å²) in [6, 6.07) is 7.22. The van der Waals surface area contributed by atoms with Gasteiger partial charge in [-0.1, -0.05) is 23.7 Å². The molecule has 0 saturated heterocycles. The largest absolute Gasteiger partial charge is 0.449 e. The monoisotopic (exact) mass is 319 g/mol. The van der Waals surface area contributed by atoms with Gasteiger partial charge in [0.05, 0.1) is 18.2 Å². The van der Waals surface area contributed by atoms with Crippen molar-refractivity contribution in [2.45, 2.75) is 19.9 Å². The zero-order chi connectivity index (χ0) is 16.3. The predicted octanol–water partition coefficient (Wildman–Crippen LogP) is 3.36. The van der Waals surface area contributed by atoms with E-state index < -0.39 is 18.2 Å². The molecular weight excluding hydrogens is 306 g/mol. The van der Waals surface area contributed by atoms with Crippen LogP contribution in [-0.4, -0.2) is 23.6 Å². The van der Waals surface area contributed by atoms with Crippen molar-refractivity contribution in [3.05, 3.63) is 46.1 Å². The summed E-state index contributed by atoms with van der Waals surface area (Å²) >= 11 is 5.98. The Kier molecular flexibility index (Phi) is 4.68. The number of carbonyl (C=O) groups excluding carboxylic acids is 2. The summed E-state index contributed by atoms with van der Waals surface area (Å²) in [6.45, 7) is 3.37. The first kappa shape index (κ1) is 15.9. The second-order valence-corrected chi connectivity index (χ2v) is 5.04. The van der Waals surface area contributed by atoms with Crippen molar-refractivity contribution in [3.8, 4) is 6.07 Å². The number of hydrogen-bond acceptors (Lipinski definition) is 4. The molecule has 22 heavy (non-hydrogen) atoms. The Hall–Kier alpha value is -2.52. The summed E-state index contributed by atoms with van der Waals surface area (Å²) in [5, 5.41) is 12.3. The number of hydrogen-bond donors (Lipinski definition) is 1. The van der Waals surface area contributed by atoms with E-state index in [0.717, 1.165) is 4.90 Å². The van der Waals surface area contributed by atoms with Crippen molar-refractivity contribution in [2.24, 2.45) is 0 Å². The topological polar surface area (TPSA) is 82.4 Å². The van der Waals surface area contributed by atoms with Crippen LogP contribution in [0.25, 0.3) is 0 Å². The SMILES string of the molecule is CCOC(=O)N1C(=O)NC(C)=C(C#N)C1c1cccc(Cl)c1. The van der Waals surface area contributed by atoms with Gasteiger partial charge in [-0.05, 0) is 31.5 Å². The van der Waals surface area contributed by atoms with Crippen molar-refractivity contribution < 1.29 is 14.3 Å². The van der Waals surface area contributed by atoms with Gasteiger partial charge in [0.15, 0.2) is 0 Å². The molecule has 1 N–H and O–H groups in total. The Labute approximate surface area is 132 Å². The van der Waals surface area contributed by atoms with Gasteiger partial charge in [-0.3, -0.25) is 0 Å². The number of urea groups is 1. The molecule has 1 heterocycles. The van der Waals surface area contributed by atoms with E-state index in [-0.39, 0.29) is 12.2 Å². The Morgan fingerprint density at radius 1 is 1.55 bits per heavy atom. The summed E-state index contributed by atoms with van der Waals surface area (Å²) in [7, 11) is 0. The molecule has 6 nitrogen and oxygen atoms in total. The molecule has 1 aromatic rings. The van der Waals surface area contributed by atoms with E-state index in [1.54, 1.807) is 38.1 Å². The fourth-order valence-electron chi connectivity index (χ4n) is 2.26. The van der Waals surface area contributed by atoms with Crippen molar-refractivity contribution in [3.63, 3.8) is 0 Å². The molecule has 0 aromatic heterocycles. The van der Waals surface area contributed by atoms with Crippen LogP contribution in [0.3, 0.4) is 0 Å². The molecule has 0 bridgehead atoms. The number of carbonyl (C=O) groups is 2. The minimum absolute atomic E-state index is 0.120. The number of nitrogens with one attached hydrogen (secondary N) is 1. The normalized spacial score (nSPS) is 17.8. The molecule has 1 aromatic carbocycles. The van der Waals surface area contributed by atoms with E-state index in [1.807, 2.05) is 6.07 Å². The molecule has 0 radical (unpaired) electrons. The van der Waals surface area contributed by atoms with Gasteiger partial charge >= 0.3 is 12.1 Å². The standard InChI is InChI=1S/C15H14ClN3O3/c1-3-22-15(21)19-13(10-5-4-6-11(16)7-10)12(8-17)9(2)18-14(19)20/h4-7,13H,3H2,1-2H3,(H,18,20). The lowest BCUT2D eigenvalue weighted by atomic mass is 9.95. The molecule has 0 aliphatic carbocycles. The van der Waals surface area contributed by atoms with Crippen LogP contribution in [-0.2, 0) is 4.74 Å². The number of rotatable bonds is 2. The summed E-state index contributed by atoms with van der Waals surface area (Å²) in [6.07, 6.45) is -0.815. The molecule has 7 heteroatoms. The first-order valence-electron chi connectivity index (χ1n) is 6.62. The lowest BCUT2D eigenvalue weighted by Crippen LogP contribution is -2.50. The average molecular weight is 320 g/mol. The Morgan fingerprint density at radius 3 is 2.86 bits per heavy atom. The van der Waals surface area contributed by atoms with Crippen molar-refractivity contribution in [1.82, 2.24) is 10.2 Å². The number of imide groups is 1. The molecule has 0 spiro atoms. The van der Waals surface area contributed by atoms with E-state index in [2.05, 4.69) is 5.32 Å². The third-order valence-corrected chi connectivity index (χ3v) is 3.43. The van der Waals surface area contributed by atoms with Crippen molar-refractivity contribution in [1.29, 1.82) is 5.26 Å². The molecule has 1 atom stereocenters. The maximum atomic E-state index is 12.2. The number of nitrogens with zero attached hydrogens (tertiary/aromatic N) is 2. The maximum absolute atomic E-state index is 12.2. The lowest BCUT2D eigenvalue weighted by molar-refractivity contribution is 0.104. The molecular formula is C15H14ClN3O3. The van der Waals surface area contributed by atoms with E-state index in [9.17, 15) is 14.9 Å². The molecule has 1 unspecified atom stereocenters. The summed E-state index contributed by atoms with van der Waals surface area (Å²) in [4.78, 5) is 25.2. The van der Waals surface area contributed by atoms with Crippen molar-refractivity contribution >= 4 is 23.7 Å².